The molecule has 0 radical (unpaired) electrons. The van der Waals surface area contributed by atoms with Gasteiger partial charge in [0.1, 0.15) is 43.5 Å². The molecule has 186 valence electrons. The van der Waals surface area contributed by atoms with Gasteiger partial charge in [0.15, 0.2) is 0 Å². The third kappa shape index (κ3) is 6.18. The van der Waals surface area contributed by atoms with Gasteiger partial charge in [-0.05, 0) is 49.4 Å². The molecule has 4 aromatic rings. The lowest BCUT2D eigenvalue weighted by molar-refractivity contribution is -0.134. The van der Waals surface area contributed by atoms with E-state index in [0.717, 1.165) is 5.69 Å². The number of amides is 1. The van der Waals surface area contributed by atoms with Crippen LogP contribution < -0.4 is 14.8 Å². The van der Waals surface area contributed by atoms with E-state index < -0.39 is 6.61 Å². The Kier molecular flexibility index (Phi) is 8.48. The molecule has 2 heterocycles. The van der Waals surface area contributed by atoms with Crippen molar-refractivity contribution in [3.8, 4) is 11.5 Å². The molecular formula is C26H26ClN5O4. The highest BCUT2D eigenvalue weighted by atomic mass is 35.5. The standard InChI is InChI=1S/C26H26ClN5O4/c1-2-32(24(34)15-33)12-13-35-23-8-5-7-21-25(23)26(30-17-29-21)31-18-9-10-22(20(27)14-18)36-16-19-6-3-4-11-28-19/h3-11,14,17,33H,2,12-13,15-16H2,1H3,(H,29,30,31). The number of hydrogen-bond acceptors (Lipinski definition) is 8. The highest BCUT2D eigenvalue weighted by molar-refractivity contribution is 6.32. The predicted molar refractivity (Wildman–Crippen MR) is 138 cm³/mol. The largest absolute Gasteiger partial charge is 0.491 e. The molecule has 2 aromatic heterocycles. The summed E-state index contributed by atoms with van der Waals surface area (Å²) in [4.78, 5) is 26.3. The Hall–Kier alpha value is -3.95. The van der Waals surface area contributed by atoms with Crippen molar-refractivity contribution in [3.63, 3.8) is 0 Å². The number of halogens is 1. The molecule has 0 aliphatic heterocycles. The number of nitrogens with zero attached hydrogens (tertiary/aromatic N) is 4. The second kappa shape index (κ2) is 12.1. The van der Waals surface area contributed by atoms with Crippen LogP contribution in [0.5, 0.6) is 11.5 Å². The molecule has 0 atom stereocenters. The summed E-state index contributed by atoms with van der Waals surface area (Å²) < 4.78 is 11.8. The molecule has 1 amide bonds. The number of carbonyl (C=O) groups is 1. The van der Waals surface area contributed by atoms with Gasteiger partial charge < -0.3 is 24.8 Å². The van der Waals surface area contributed by atoms with Gasteiger partial charge in [-0.3, -0.25) is 9.78 Å². The minimum absolute atomic E-state index is 0.251. The SMILES string of the molecule is CCN(CCOc1cccc2ncnc(Nc3ccc(OCc4ccccn4)c(Cl)c3)c12)C(=O)CO. The van der Waals surface area contributed by atoms with Crippen molar-refractivity contribution < 1.29 is 19.4 Å². The Morgan fingerprint density at radius 3 is 2.69 bits per heavy atom. The quantitative estimate of drug-likeness (QED) is 0.310. The van der Waals surface area contributed by atoms with Crippen LogP contribution in [0.1, 0.15) is 12.6 Å². The van der Waals surface area contributed by atoms with E-state index in [1.165, 1.54) is 11.2 Å². The monoisotopic (exact) mass is 507 g/mol. The number of benzene rings is 2. The number of ether oxygens (including phenoxy) is 2. The normalized spacial score (nSPS) is 10.8. The van der Waals surface area contributed by atoms with Crippen LogP contribution in [0, 0.1) is 0 Å². The highest BCUT2D eigenvalue weighted by Gasteiger charge is 2.14. The summed E-state index contributed by atoms with van der Waals surface area (Å²) in [6, 6.07) is 16.5. The number of anilines is 2. The summed E-state index contributed by atoms with van der Waals surface area (Å²) in [5.41, 5.74) is 2.22. The van der Waals surface area contributed by atoms with Crippen LogP contribution in [0.25, 0.3) is 10.9 Å². The average molecular weight is 508 g/mol. The number of aromatic nitrogens is 3. The lowest BCUT2D eigenvalue weighted by Gasteiger charge is -2.20. The van der Waals surface area contributed by atoms with Crippen molar-refractivity contribution in [1.82, 2.24) is 19.9 Å². The molecule has 10 heteroatoms. The predicted octanol–water partition coefficient (Wildman–Crippen LogP) is 4.22. The number of carbonyl (C=O) groups excluding carboxylic acids is 1. The third-order valence-corrected chi connectivity index (χ3v) is 5.70. The van der Waals surface area contributed by atoms with E-state index in [1.807, 2.05) is 49.4 Å². The molecule has 0 spiro atoms. The van der Waals surface area contributed by atoms with Crippen molar-refractivity contribution in [1.29, 1.82) is 0 Å². The summed E-state index contributed by atoms with van der Waals surface area (Å²) >= 11 is 6.47. The molecular weight excluding hydrogens is 482 g/mol. The van der Waals surface area contributed by atoms with Crippen LogP contribution in [-0.2, 0) is 11.4 Å². The minimum Gasteiger partial charge on any atom is -0.491 e. The van der Waals surface area contributed by atoms with Crippen molar-refractivity contribution in [2.75, 3.05) is 31.6 Å². The van der Waals surface area contributed by atoms with Gasteiger partial charge in [0.05, 0.1) is 28.2 Å². The molecule has 0 fully saturated rings. The summed E-state index contributed by atoms with van der Waals surface area (Å²) in [6.45, 7) is 2.71. The molecule has 0 aliphatic rings. The first-order chi connectivity index (χ1) is 17.6. The Labute approximate surface area is 213 Å². The summed E-state index contributed by atoms with van der Waals surface area (Å²) in [6.07, 6.45) is 3.19. The zero-order chi connectivity index (χ0) is 25.3. The van der Waals surface area contributed by atoms with Gasteiger partial charge in [-0.1, -0.05) is 23.7 Å². The number of nitrogens with one attached hydrogen (secondary N) is 1. The molecule has 2 aromatic carbocycles. The van der Waals surface area contributed by atoms with Crippen molar-refractivity contribution in [3.05, 3.63) is 77.8 Å². The Balaban J connectivity index is 1.49. The maximum absolute atomic E-state index is 11.8. The zero-order valence-electron chi connectivity index (χ0n) is 19.7. The number of likely N-dealkylation sites (N-methyl/N-ethyl adjacent to an activating group) is 1. The smallest absolute Gasteiger partial charge is 0.248 e. The molecule has 0 bridgehead atoms. The van der Waals surface area contributed by atoms with Gasteiger partial charge in [0, 0.05) is 18.4 Å². The molecule has 2 N–H and O–H groups in total. The number of hydrogen-bond donors (Lipinski definition) is 2. The van der Waals surface area contributed by atoms with E-state index in [2.05, 4.69) is 20.3 Å². The summed E-state index contributed by atoms with van der Waals surface area (Å²) in [5, 5.41) is 13.5. The fourth-order valence-corrected chi connectivity index (χ4v) is 3.82. The van der Waals surface area contributed by atoms with E-state index in [9.17, 15) is 4.79 Å². The van der Waals surface area contributed by atoms with Gasteiger partial charge in [-0.2, -0.15) is 0 Å². The van der Waals surface area contributed by atoms with Gasteiger partial charge in [0.2, 0.25) is 5.91 Å². The fraction of sp³-hybridized carbons (Fsp3) is 0.231. The number of aliphatic hydroxyl groups is 1. The topological polar surface area (TPSA) is 110 Å². The first kappa shape index (κ1) is 25.2. The van der Waals surface area contributed by atoms with Crippen LogP contribution in [0.4, 0.5) is 11.5 Å². The first-order valence-corrected chi connectivity index (χ1v) is 11.8. The first-order valence-electron chi connectivity index (χ1n) is 11.4. The van der Waals surface area contributed by atoms with Crippen LogP contribution >= 0.6 is 11.6 Å². The Morgan fingerprint density at radius 2 is 1.94 bits per heavy atom. The van der Waals surface area contributed by atoms with Gasteiger partial charge >= 0.3 is 0 Å². The minimum atomic E-state index is -0.528. The lowest BCUT2D eigenvalue weighted by atomic mass is 10.2. The molecule has 0 aliphatic carbocycles. The third-order valence-electron chi connectivity index (χ3n) is 5.41. The summed E-state index contributed by atoms with van der Waals surface area (Å²) in [7, 11) is 0. The van der Waals surface area contributed by atoms with Crippen LogP contribution in [0.2, 0.25) is 5.02 Å². The number of pyridine rings is 1. The fourth-order valence-electron chi connectivity index (χ4n) is 3.59. The molecule has 9 nitrogen and oxygen atoms in total. The van der Waals surface area contributed by atoms with E-state index >= 15 is 0 Å². The molecule has 0 saturated heterocycles. The number of fused-ring (bicyclic) bond motifs is 1. The van der Waals surface area contributed by atoms with Crippen LogP contribution in [0.3, 0.4) is 0 Å². The molecule has 36 heavy (non-hydrogen) atoms. The Morgan fingerprint density at radius 1 is 1.06 bits per heavy atom. The van der Waals surface area contributed by atoms with E-state index in [-0.39, 0.29) is 12.5 Å². The van der Waals surface area contributed by atoms with Gasteiger partial charge in [-0.25, -0.2) is 9.97 Å². The van der Waals surface area contributed by atoms with Crippen LogP contribution in [0.15, 0.2) is 67.1 Å². The van der Waals surface area contributed by atoms with Crippen molar-refractivity contribution in [2.45, 2.75) is 13.5 Å². The van der Waals surface area contributed by atoms with Gasteiger partial charge in [-0.15, -0.1) is 0 Å². The van der Waals surface area contributed by atoms with Gasteiger partial charge in [0.25, 0.3) is 0 Å². The molecule has 0 unspecified atom stereocenters. The van der Waals surface area contributed by atoms with Crippen molar-refractivity contribution >= 4 is 39.9 Å². The maximum atomic E-state index is 11.8. The number of rotatable bonds is 11. The summed E-state index contributed by atoms with van der Waals surface area (Å²) in [5.74, 6) is 1.33. The average Bonchev–Trinajstić information content (AvgIpc) is 2.91. The zero-order valence-corrected chi connectivity index (χ0v) is 20.5. The lowest BCUT2D eigenvalue weighted by Crippen LogP contribution is -2.36. The Bertz CT molecular complexity index is 1320. The second-order valence-corrected chi connectivity index (χ2v) is 8.14. The highest BCUT2D eigenvalue weighted by Crippen LogP contribution is 2.34. The van der Waals surface area contributed by atoms with Crippen LogP contribution in [-0.4, -0.2) is 57.2 Å². The van der Waals surface area contributed by atoms with E-state index in [0.29, 0.717) is 58.6 Å². The second-order valence-electron chi connectivity index (χ2n) is 7.73. The van der Waals surface area contributed by atoms with E-state index in [4.69, 9.17) is 26.2 Å². The van der Waals surface area contributed by atoms with Crippen molar-refractivity contribution in [2.24, 2.45) is 0 Å². The maximum Gasteiger partial charge on any atom is 0.248 e. The number of aliphatic hydroxyl groups excluding tert-OH is 1. The van der Waals surface area contributed by atoms with E-state index in [1.54, 1.807) is 18.3 Å². The molecule has 4 rings (SSSR count). The molecule has 0 saturated carbocycles.